The first-order valence-electron chi connectivity index (χ1n) is 6.05. The summed E-state index contributed by atoms with van der Waals surface area (Å²) in [6.45, 7) is 5.56. The van der Waals surface area contributed by atoms with E-state index < -0.39 is 0 Å². The van der Waals surface area contributed by atoms with Crippen molar-refractivity contribution in [1.82, 2.24) is 9.78 Å². The third-order valence-corrected chi connectivity index (χ3v) is 2.90. The van der Waals surface area contributed by atoms with Crippen LogP contribution >= 0.6 is 11.6 Å². The maximum atomic E-state index is 6.21. The van der Waals surface area contributed by atoms with E-state index in [2.05, 4.69) is 18.9 Å². The topological polar surface area (TPSA) is 27.1 Å². The van der Waals surface area contributed by atoms with Gasteiger partial charge in [-0.3, -0.25) is 4.68 Å². The molecule has 96 valence electrons. The van der Waals surface area contributed by atoms with Crippen LogP contribution in [0.4, 0.5) is 0 Å². The lowest BCUT2D eigenvalue weighted by molar-refractivity contribution is 0.305. The summed E-state index contributed by atoms with van der Waals surface area (Å²) in [5, 5.41) is 4.80. The molecule has 2 rings (SSSR count). The lowest BCUT2D eigenvalue weighted by Crippen LogP contribution is -2.06. The highest BCUT2D eigenvalue weighted by Crippen LogP contribution is 2.25. The van der Waals surface area contributed by atoms with Crippen LogP contribution in [0.25, 0.3) is 0 Å². The first kappa shape index (κ1) is 13.0. The molecule has 18 heavy (non-hydrogen) atoms. The molecule has 0 N–H and O–H groups in total. The number of nitrogens with zero attached hydrogens (tertiary/aromatic N) is 2. The van der Waals surface area contributed by atoms with Gasteiger partial charge < -0.3 is 4.74 Å². The Morgan fingerprint density at radius 3 is 2.67 bits per heavy atom. The summed E-state index contributed by atoms with van der Waals surface area (Å²) in [6, 6.07) is 10.0. The second-order valence-corrected chi connectivity index (χ2v) is 5.01. The van der Waals surface area contributed by atoms with Gasteiger partial charge in [-0.05, 0) is 11.5 Å². The standard InChI is InChI=1S/C14H17ClN2O/c1-11(2)9-17-14(15)13(8-16-17)18-10-12-6-4-3-5-7-12/h3-8,11H,9-10H2,1-2H3. The quantitative estimate of drug-likeness (QED) is 0.822. The largest absolute Gasteiger partial charge is 0.484 e. The molecule has 0 fully saturated rings. The van der Waals surface area contributed by atoms with Crippen molar-refractivity contribution in [2.24, 2.45) is 5.92 Å². The molecule has 0 amide bonds. The Morgan fingerprint density at radius 1 is 1.28 bits per heavy atom. The average Bonchev–Trinajstić information content (AvgIpc) is 2.69. The zero-order chi connectivity index (χ0) is 13.0. The summed E-state index contributed by atoms with van der Waals surface area (Å²) in [7, 11) is 0. The summed E-state index contributed by atoms with van der Waals surface area (Å²) < 4.78 is 7.44. The van der Waals surface area contributed by atoms with Crippen molar-refractivity contribution in [2.45, 2.75) is 27.0 Å². The summed E-state index contributed by atoms with van der Waals surface area (Å²) >= 11 is 6.21. The number of aromatic nitrogens is 2. The van der Waals surface area contributed by atoms with Gasteiger partial charge in [-0.2, -0.15) is 5.10 Å². The Balaban J connectivity index is 2.00. The summed E-state index contributed by atoms with van der Waals surface area (Å²) in [5.74, 6) is 1.14. The van der Waals surface area contributed by atoms with E-state index in [1.807, 2.05) is 30.3 Å². The maximum Gasteiger partial charge on any atom is 0.176 e. The highest BCUT2D eigenvalue weighted by atomic mass is 35.5. The van der Waals surface area contributed by atoms with Crippen molar-refractivity contribution >= 4 is 11.6 Å². The molecule has 0 bridgehead atoms. The monoisotopic (exact) mass is 264 g/mol. The minimum absolute atomic E-state index is 0.504. The van der Waals surface area contributed by atoms with Crippen molar-refractivity contribution in [3.05, 3.63) is 47.2 Å². The van der Waals surface area contributed by atoms with E-state index in [9.17, 15) is 0 Å². The molecule has 0 unspecified atom stereocenters. The van der Waals surface area contributed by atoms with Gasteiger partial charge in [0, 0.05) is 6.54 Å². The number of hydrogen-bond acceptors (Lipinski definition) is 2. The maximum absolute atomic E-state index is 6.21. The fourth-order valence-corrected chi connectivity index (χ4v) is 1.87. The molecule has 0 spiro atoms. The Kier molecular flexibility index (Phi) is 4.26. The zero-order valence-corrected chi connectivity index (χ0v) is 11.4. The molecule has 2 aromatic rings. The first-order valence-corrected chi connectivity index (χ1v) is 6.42. The van der Waals surface area contributed by atoms with Gasteiger partial charge in [-0.25, -0.2) is 0 Å². The molecule has 0 saturated carbocycles. The van der Waals surface area contributed by atoms with Crippen LogP contribution in [0.15, 0.2) is 36.5 Å². The fraction of sp³-hybridized carbons (Fsp3) is 0.357. The zero-order valence-electron chi connectivity index (χ0n) is 10.6. The molecule has 3 nitrogen and oxygen atoms in total. The lowest BCUT2D eigenvalue weighted by atomic mass is 10.2. The minimum atomic E-state index is 0.504. The van der Waals surface area contributed by atoms with Gasteiger partial charge in [0.1, 0.15) is 6.61 Å². The summed E-state index contributed by atoms with van der Waals surface area (Å²) in [5.41, 5.74) is 1.12. The fourth-order valence-electron chi connectivity index (χ4n) is 1.66. The number of halogens is 1. The van der Waals surface area contributed by atoms with E-state index in [0.29, 0.717) is 23.4 Å². The summed E-state index contributed by atoms with van der Waals surface area (Å²) in [4.78, 5) is 0. The molecular formula is C14H17ClN2O. The number of benzene rings is 1. The van der Waals surface area contributed by atoms with Crippen molar-refractivity contribution in [3.63, 3.8) is 0 Å². The second kappa shape index (κ2) is 5.91. The van der Waals surface area contributed by atoms with Gasteiger partial charge in [0.15, 0.2) is 10.9 Å². The van der Waals surface area contributed by atoms with Crippen LogP contribution in [0.3, 0.4) is 0 Å². The van der Waals surface area contributed by atoms with Crippen LogP contribution in [0.2, 0.25) is 5.15 Å². The smallest absolute Gasteiger partial charge is 0.176 e. The Morgan fingerprint density at radius 2 is 2.00 bits per heavy atom. The van der Waals surface area contributed by atoms with Gasteiger partial charge in [0.2, 0.25) is 0 Å². The number of rotatable bonds is 5. The Bertz CT molecular complexity index is 494. The Labute approximate surface area is 112 Å². The van der Waals surface area contributed by atoms with Crippen LogP contribution in [0.5, 0.6) is 5.75 Å². The van der Waals surface area contributed by atoms with E-state index in [0.717, 1.165) is 12.1 Å². The molecule has 0 radical (unpaired) electrons. The van der Waals surface area contributed by atoms with Crippen LogP contribution in [0, 0.1) is 5.92 Å². The molecule has 4 heteroatoms. The normalized spacial score (nSPS) is 10.9. The van der Waals surface area contributed by atoms with E-state index in [-0.39, 0.29) is 0 Å². The SMILES string of the molecule is CC(C)Cn1ncc(OCc2ccccc2)c1Cl. The van der Waals surface area contributed by atoms with Crippen LogP contribution in [-0.4, -0.2) is 9.78 Å². The first-order chi connectivity index (χ1) is 8.66. The van der Waals surface area contributed by atoms with Crippen molar-refractivity contribution < 1.29 is 4.74 Å². The van der Waals surface area contributed by atoms with E-state index >= 15 is 0 Å². The molecule has 0 atom stereocenters. The van der Waals surface area contributed by atoms with Gasteiger partial charge >= 0.3 is 0 Å². The van der Waals surface area contributed by atoms with Crippen molar-refractivity contribution in [1.29, 1.82) is 0 Å². The predicted octanol–water partition coefficient (Wildman–Crippen LogP) is 3.77. The Hall–Kier alpha value is -1.48. The molecule has 1 aromatic heterocycles. The predicted molar refractivity (Wildman–Crippen MR) is 72.8 cm³/mol. The molecule has 1 heterocycles. The molecule has 0 aliphatic carbocycles. The molecule has 0 saturated heterocycles. The van der Waals surface area contributed by atoms with Gasteiger partial charge in [-0.1, -0.05) is 55.8 Å². The molecular weight excluding hydrogens is 248 g/mol. The van der Waals surface area contributed by atoms with Gasteiger partial charge in [0.25, 0.3) is 0 Å². The van der Waals surface area contributed by atoms with Crippen molar-refractivity contribution in [2.75, 3.05) is 0 Å². The van der Waals surface area contributed by atoms with E-state index in [4.69, 9.17) is 16.3 Å². The van der Waals surface area contributed by atoms with Gasteiger partial charge in [-0.15, -0.1) is 0 Å². The molecule has 1 aromatic carbocycles. The summed E-state index contributed by atoms with van der Waals surface area (Å²) in [6.07, 6.45) is 1.67. The number of hydrogen-bond donors (Lipinski definition) is 0. The molecule has 0 aliphatic heterocycles. The van der Waals surface area contributed by atoms with Crippen LogP contribution in [-0.2, 0) is 13.2 Å². The van der Waals surface area contributed by atoms with Crippen molar-refractivity contribution in [3.8, 4) is 5.75 Å². The van der Waals surface area contributed by atoms with E-state index in [1.165, 1.54) is 0 Å². The highest BCUT2D eigenvalue weighted by molar-refractivity contribution is 6.31. The van der Waals surface area contributed by atoms with Crippen LogP contribution < -0.4 is 4.74 Å². The third kappa shape index (κ3) is 3.26. The molecule has 0 aliphatic rings. The third-order valence-electron chi connectivity index (χ3n) is 2.52. The highest BCUT2D eigenvalue weighted by Gasteiger charge is 2.10. The average molecular weight is 265 g/mol. The van der Waals surface area contributed by atoms with Gasteiger partial charge in [0.05, 0.1) is 6.20 Å². The number of ether oxygens (including phenoxy) is 1. The van der Waals surface area contributed by atoms with E-state index in [1.54, 1.807) is 10.9 Å². The minimum Gasteiger partial charge on any atom is -0.484 e. The second-order valence-electron chi connectivity index (χ2n) is 4.65. The van der Waals surface area contributed by atoms with Crippen LogP contribution in [0.1, 0.15) is 19.4 Å². The lowest BCUT2D eigenvalue weighted by Gasteiger charge is -2.07.